The van der Waals surface area contributed by atoms with E-state index in [-0.39, 0.29) is 5.91 Å². The summed E-state index contributed by atoms with van der Waals surface area (Å²) < 4.78 is 6.99. The first-order chi connectivity index (χ1) is 12.1. The molecular formula is C17H14BrN3O2S2. The molecule has 1 N–H and O–H groups in total. The molecule has 25 heavy (non-hydrogen) atoms. The number of halogens is 1. The molecule has 2 aromatic carbocycles. The number of amides is 1. The number of carbonyl (C=O) groups is 1. The van der Waals surface area contributed by atoms with E-state index in [1.54, 1.807) is 43.1 Å². The van der Waals surface area contributed by atoms with E-state index in [0.29, 0.717) is 16.4 Å². The average molecular weight is 436 g/mol. The van der Waals surface area contributed by atoms with Crippen molar-refractivity contribution in [3.63, 3.8) is 0 Å². The van der Waals surface area contributed by atoms with Crippen LogP contribution in [-0.2, 0) is 5.75 Å². The van der Waals surface area contributed by atoms with E-state index in [1.165, 1.54) is 16.9 Å². The number of carbonyl (C=O) groups excluding carboxylic acids is 1. The quantitative estimate of drug-likeness (QED) is 0.442. The highest BCUT2D eigenvalue weighted by Gasteiger charge is 2.11. The summed E-state index contributed by atoms with van der Waals surface area (Å²) in [5.41, 5.74) is 1.71. The van der Waals surface area contributed by atoms with Crippen LogP contribution >= 0.6 is 39.0 Å². The molecule has 1 heterocycles. The van der Waals surface area contributed by atoms with Crippen molar-refractivity contribution in [1.82, 2.24) is 10.2 Å². The van der Waals surface area contributed by atoms with Gasteiger partial charge < -0.3 is 4.74 Å². The minimum Gasteiger partial charge on any atom is -0.497 e. The molecule has 1 aromatic heterocycles. The van der Waals surface area contributed by atoms with Crippen LogP contribution in [0.3, 0.4) is 0 Å². The van der Waals surface area contributed by atoms with Crippen LogP contribution in [-0.4, -0.2) is 23.2 Å². The molecule has 8 heteroatoms. The molecule has 0 aliphatic rings. The van der Waals surface area contributed by atoms with Crippen molar-refractivity contribution in [3.05, 3.63) is 64.1 Å². The van der Waals surface area contributed by atoms with Gasteiger partial charge in [-0.05, 0) is 35.9 Å². The Morgan fingerprint density at radius 1 is 1.24 bits per heavy atom. The van der Waals surface area contributed by atoms with Gasteiger partial charge in [0.25, 0.3) is 5.91 Å². The Bertz CT molecular complexity index is 868. The summed E-state index contributed by atoms with van der Waals surface area (Å²) in [5, 5.41) is 11.4. The van der Waals surface area contributed by atoms with E-state index < -0.39 is 0 Å². The number of benzene rings is 2. The number of nitrogens with zero attached hydrogens (tertiary/aromatic N) is 2. The van der Waals surface area contributed by atoms with Gasteiger partial charge in [0, 0.05) is 15.8 Å². The van der Waals surface area contributed by atoms with Crippen molar-refractivity contribution >= 4 is 50.1 Å². The Morgan fingerprint density at radius 3 is 2.80 bits per heavy atom. The van der Waals surface area contributed by atoms with Crippen molar-refractivity contribution in [1.29, 1.82) is 0 Å². The zero-order valence-corrected chi connectivity index (χ0v) is 16.5. The highest BCUT2D eigenvalue weighted by molar-refractivity contribution is 9.10. The van der Waals surface area contributed by atoms with E-state index >= 15 is 0 Å². The topological polar surface area (TPSA) is 64.1 Å². The largest absolute Gasteiger partial charge is 0.497 e. The molecule has 0 atom stereocenters. The number of hydrogen-bond donors (Lipinski definition) is 1. The normalized spacial score (nSPS) is 10.5. The van der Waals surface area contributed by atoms with Crippen molar-refractivity contribution in [2.45, 2.75) is 10.1 Å². The summed E-state index contributed by atoms with van der Waals surface area (Å²) >= 11 is 6.36. The molecule has 0 aliphatic carbocycles. The number of anilines is 1. The number of aromatic nitrogens is 2. The number of hydrogen-bond acceptors (Lipinski definition) is 6. The van der Waals surface area contributed by atoms with Gasteiger partial charge in [-0.3, -0.25) is 10.1 Å². The number of ether oxygens (including phenoxy) is 1. The molecule has 3 aromatic rings. The second-order valence-electron chi connectivity index (χ2n) is 4.97. The van der Waals surface area contributed by atoms with E-state index in [9.17, 15) is 4.79 Å². The van der Waals surface area contributed by atoms with Crippen LogP contribution in [0.1, 0.15) is 15.9 Å². The van der Waals surface area contributed by atoms with Crippen molar-refractivity contribution in [2.75, 3.05) is 12.4 Å². The summed E-state index contributed by atoms with van der Waals surface area (Å²) in [6.45, 7) is 0. The van der Waals surface area contributed by atoms with E-state index in [1.807, 2.05) is 12.1 Å². The Kier molecular flexibility index (Phi) is 6.06. The monoisotopic (exact) mass is 435 g/mol. The van der Waals surface area contributed by atoms with Crippen LogP contribution in [0.15, 0.2) is 57.3 Å². The number of nitrogens with one attached hydrogen (secondary N) is 1. The number of thioether (sulfide) groups is 1. The maximum absolute atomic E-state index is 12.3. The van der Waals surface area contributed by atoms with E-state index in [2.05, 4.69) is 43.6 Å². The molecule has 3 rings (SSSR count). The van der Waals surface area contributed by atoms with Crippen molar-refractivity contribution < 1.29 is 9.53 Å². The summed E-state index contributed by atoms with van der Waals surface area (Å²) in [6.07, 6.45) is 0. The lowest BCUT2D eigenvalue weighted by molar-refractivity contribution is 0.102. The van der Waals surface area contributed by atoms with Crippen LogP contribution in [0.25, 0.3) is 0 Å². The van der Waals surface area contributed by atoms with E-state index in [0.717, 1.165) is 14.6 Å². The van der Waals surface area contributed by atoms with Gasteiger partial charge >= 0.3 is 0 Å². The minimum absolute atomic E-state index is 0.237. The fraction of sp³-hybridized carbons (Fsp3) is 0.118. The highest BCUT2D eigenvalue weighted by Crippen LogP contribution is 2.29. The smallest absolute Gasteiger partial charge is 0.257 e. The molecule has 128 valence electrons. The highest BCUT2D eigenvalue weighted by atomic mass is 79.9. The van der Waals surface area contributed by atoms with E-state index in [4.69, 9.17) is 4.74 Å². The van der Waals surface area contributed by atoms with Gasteiger partial charge in [-0.1, -0.05) is 57.2 Å². The summed E-state index contributed by atoms with van der Waals surface area (Å²) in [5.74, 6) is 1.20. The molecule has 1 amide bonds. The Labute approximate surface area is 162 Å². The van der Waals surface area contributed by atoms with Gasteiger partial charge in [0.15, 0.2) is 4.34 Å². The van der Waals surface area contributed by atoms with Crippen LogP contribution < -0.4 is 10.1 Å². The Morgan fingerprint density at radius 2 is 2.04 bits per heavy atom. The lowest BCUT2D eigenvalue weighted by Crippen LogP contribution is -2.11. The molecule has 0 radical (unpaired) electrons. The fourth-order valence-electron chi connectivity index (χ4n) is 1.98. The summed E-state index contributed by atoms with van der Waals surface area (Å²) in [7, 11) is 1.57. The first kappa shape index (κ1) is 17.9. The van der Waals surface area contributed by atoms with Gasteiger partial charge in [-0.2, -0.15) is 0 Å². The third-order valence-electron chi connectivity index (χ3n) is 3.23. The predicted molar refractivity (Wildman–Crippen MR) is 105 cm³/mol. The van der Waals surface area contributed by atoms with Gasteiger partial charge in [0.2, 0.25) is 5.13 Å². The maximum atomic E-state index is 12.3. The minimum atomic E-state index is -0.237. The lowest BCUT2D eigenvalue weighted by atomic mass is 10.2. The summed E-state index contributed by atoms with van der Waals surface area (Å²) in [4.78, 5) is 12.3. The van der Waals surface area contributed by atoms with Gasteiger partial charge in [0.05, 0.1) is 7.11 Å². The maximum Gasteiger partial charge on any atom is 0.257 e. The Balaban J connectivity index is 1.59. The third-order valence-corrected chi connectivity index (χ3v) is 5.81. The van der Waals surface area contributed by atoms with Crippen LogP contribution in [0, 0.1) is 0 Å². The van der Waals surface area contributed by atoms with Crippen LogP contribution in [0.2, 0.25) is 0 Å². The molecule has 5 nitrogen and oxygen atoms in total. The third kappa shape index (κ3) is 5.04. The van der Waals surface area contributed by atoms with Gasteiger partial charge in [0.1, 0.15) is 5.75 Å². The number of methoxy groups -OCH3 is 1. The van der Waals surface area contributed by atoms with Crippen molar-refractivity contribution in [2.24, 2.45) is 0 Å². The van der Waals surface area contributed by atoms with Crippen LogP contribution in [0.4, 0.5) is 5.13 Å². The molecule has 0 unspecified atom stereocenters. The average Bonchev–Trinajstić information content (AvgIpc) is 3.08. The number of rotatable bonds is 6. The zero-order chi connectivity index (χ0) is 17.6. The predicted octanol–water partition coefficient (Wildman–Crippen LogP) is 4.85. The molecular weight excluding hydrogens is 422 g/mol. The molecule has 0 bridgehead atoms. The van der Waals surface area contributed by atoms with Crippen LogP contribution in [0.5, 0.6) is 5.75 Å². The van der Waals surface area contributed by atoms with Crippen molar-refractivity contribution in [3.8, 4) is 5.75 Å². The standard InChI is InChI=1S/C17H14BrN3O2S2/c1-23-14-4-2-3-12(9-14)15(22)19-16-20-21-17(25-16)24-10-11-5-7-13(18)8-6-11/h2-9H,10H2,1H3,(H,19,20,22). The molecule has 0 fully saturated rings. The first-order valence-corrected chi connectivity index (χ1v) is 9.90. The first-order valence-electron chi connectivity index (χ1n) is 7.30. The SMILES string of the molecule is COc1cccc(C(=O)Nc2nnc(SCc3ccc(Br)cc3)s2)c1. The Hall–Kier alpha value is -1.90. The zero-order valence-electron chi connectivity index (χ0n) is 13.2. The van der Waals surface area contributed by atoms with Gasteiger partial charge in [-0.25, -0.2) is 0 Å². The molecule has 0 saturated carbocycles. The second-order valence-corrected chi connectivity index (χ2v) is 8.09. The molecule has 0 saturated heterocycles. The fourth-order valence-corrected chi connectivity index (χ4v) is 3.95. The molecule has 0 aliphatic heterocycles. The summed E-state index contributed by atoms with van der Waals surface area (Å²) in [6, 6.07) is 15.1. The second kappa shape index (κ2) is 8.46. The lowest BCUT2D eigenvalue weighted by Gasteiger charge is -2.03. The molecule has 0 spiro atoms. The van der Waals surface area contributed by atoms with Gasteiger partial charge in [-0.15, -0.1) is 10.2 Å².